The van der Waals surface area contributed by atoms with Crippen molar-refractivity contribution in [1.29, 1.82) is 0 Å². The quantitative estimate of drug-likeness (QED) is 0.179. The van der Waals surface area contributed by atoms with Gasteiger partial charge in [0.1, 0.15) is 0 Å². The van der Waals surface area contributed by atoms with E-state index in [1.54, 1.807) is 0 Å². The third-order valence-corrected chi connectivity index (χ3v) is 8.48. The van der Waals surface area contributed by atoms with E-state index in [1.807, 2.05) is 0 Å². The minimum absolute atomic E-state index is 0.344. The normalized spacial score (nSPS) is 15.2. The van der Waals surface area contributed by atoms with Gasteiger partial charge in [-0.1, -0.05) is 114 Å². The summed E-state index contributed by atoms with van der Waals surface area (Å²) in [7, 11) is 0. The Bertz CT molecular complexity index is 634. The Hall–Kier alpha value is -0.940. The second-order valence-corrected chi connectivity index (χ2v) is 11.8. The van der Waals surface area contributed by atoms with Crippen molar-refractivity contribution in [3.05, 3.63) is 71.8 Å². The van der Waals surface area contributed by atoms with Crippen molar-refractivity contribution in [3.63, 3.8) is 0 Å². The minimum Gasteiger partial charge on any atom is -0.300 e. The summed E-state index contributed by atoms with van der Waals surface area (Å²) in [4.78, 5) is 0. The van der Waals surface area contributed by atoms with E-state index in [-0.39, 0.29) is 0 Å². The molecule has 2 nitrogen and oxygen atoms in total. The maximum absolute atomic E-state index is 3.83. The fourth-order valence-corrected chi connectivity index (χ4v) is 6.33. The third kappa shape index (κ3) is 10.8. The Labute approximate surface area is 206 Å². The SMILES string of the molecule is CCCCC(C)SC(NCCNC(SC(C)CCCC)c1ccccc1)c1ccccc1. The first kappa shape index (κ1) is 27.3. The first-order chi connectivity index (χ1) is 15.6. The maximum Gasteiger partial charge on any atom is 0.0792 e. The topological polar surface area (TPSA) is 24.1 Å². The lowest BCUT2D eigenvalue weighted by atomic mass is 10.2. The number of nitrogens with one attached hydrogen (secondary N) is 2. The van der Waals surface area contributed by atoms with Crippen molar-refractivity contribution in [3.8, 4) is 0 Å². The van der Waals surface area contributed by atoms with Crippen LogP contribution in [0.4, 0.5) is 0 Å². The highest BCUT2D eigenvalue weighted by Crippen LogP contribution is 2.33. The lowest BCUT2D eigenvalue weighted by Gasteiger charge is -2.25. The van der Waals surface area contributed by atoms with Crippen LogP contribution in [0.3, 0.4) is 0 Å². The molecule has 4 unspecified atom stereocenters. The first-order valence-corrected chi connectivity index (χ1v) is 14.4. The van der Waals surface area contributed by atoms with Crippen molar-refractivity contribution in [2.24, 2.45) is 0 Å². The second kappa shape index (κ2) is 16.6. The third-order valence-electron chi connectivity index (χ3n) is 5.65. The van der Waals surface area contributed by atoms with Gasteiger partial charge in [0.05, 0.1) is 10.7 Å². The van der Waals surface area contributed by atoms with Crippen molar-refractivity contribution in [2.45, 2.75) is 87.5 Å². The highest BCUT2D eigenvalue weighted by atomic mass is 32.2. The van der Waals surface area contributed by atoms with Gasteiger partial charge in [0, 0.05) is 23.6 Å². The summed E-state index contributed by atoms with van der Waals surface area (Å²) in [6.07, 6.45) is 7.73. The van der Waals surface area contributed by atoms with Gasteiger partial charge in [-0.05, 0) is 24.0 Å². The van der Waals surface area contributed by atoms with E-state index in [0.717, 1.165) is 13.1 Å². The Balaban J connectivity index is 1.92. The molecule has 0 aliphatic carbocycles. The van der Waals surface area contributed by atoms with Gasteiger partial charge in [-0.2, -0.15) is 0 Å². The highest BCUT2D eigenvalue weighted by molar-refractivity contribution is 8.00. The molecule has 0 saturated heterocycles. The molecular formula is C28H44N2S2. The van der Waals surface area contributed by atoms with Crippen LogP contribution in [-0.2, 0) is 0 Å². The van der Waals surface area contributed by atoms with Gasteiger partial charge in [-0.15, -0.1) is 23.5 Å². The highest BCUT2D eigenvalue weighted by Gasteiger charge is 2.17. The predicted molar refractivity (Wildman–Crippen MR) is 148 cm³/mol. The molecule has 32 heavy (non-hydrogen) atoms. The summed E-state index contributed by atoms with van der Waals surface area (Å²) in [5, 5.41) is 9.67. The van der Waals surface area contributed by atoms with Crippen molar-refractivity contribution in [1.82, 2.24) is 10.6 Å². The van der Waals surface area contributed by atoms with E-state index in [4.69, 9.17) is 0 Å². The lowest BCUT2D eigenvalue weighted by Crippen LogP contribution is -2.31. The molecule has 4 atom stereocenters. The molecule has 0 saturated carbocycles. The Morgan fingerprint density at radius 3 is 1.34 bits per heavy atom. The van der Waals surface area contributed by atoms with Crippen LogP contribution in [0.1, 0.15) is 88.1 Å². The van der Waals surface area contributed by atoms with Gasteiger partial charge >= 0.3 is 0 Å². The van der Waals surface area contributed by atoms with Crippen molar-refractivity contribution in [2.75, 3.05) is 13.1 Å². The molecule has 2 N–H and O–H groups in total. The molecular weight excluding hydrogens is 428 g/mol. The molecule has 2 rings (SSSR count). The number of benzene rings is 2. The summed E-state index contributed by atoms with van der Waals surface area (Å²) in [6.45, 7) is 11.2. The second-order valence-electron chi connectivity index (χ2n) is 8.67. The number of hydrogen-bond acceptors (Lipinski definition) is 4. The van der Waals surface area contributed by atoms with Gasteiger partial charge < -0.3 is 10.6 Å². The molecule has 0 spiro atoms. The summed E-state index contributed by atoms with van der Waals surface area (Å²) in [5.41, 5.74) is 2.76. The zero-order chi connectivity index (χ0) is 23.0. The minimum atomic E-state index is 0.344. The molecule has 0 aromatic heterocycles. The lowest BCUT2D eigenvalue weighted by molar-refractivity contribution is 0.593. The van der Waals surface area contributed by atoms with E-state index in [2.05, 4.69) is 123 Å². The van der Waals surface area contributed by atoms with Crippen LogP contribution in [0.2, 0.25) is 0 Å². The number of unbranched alkanes of at least 4 members (excludes halogenated alkanes) is 2. The fourth-order valence-electron chi connectivity index (χ4n) is 3.74. The van der Waals surface area contributed by atoms with E-state index in [9.17, 15) is 0 Å². The molecule has 178 valence electrons. The van der Waals surface area contributed by atoms with E-state index >= 15 is 0 Å². The maximum atomic E-state index is 3.83. The number of thioether (sulfide) groups is 2. The molecule has 0 heterocycles. The van der Waals surface area contributed by atoms with Crippen LogP contribution >= 0.6 is 23.5 Å². The van der Waals surface area contributed by atoms with E-state index < -0.39 is 0 Å². The molecule has 0 fully saturated rings. The van der Waals surface area contributed by atoms with Crippen molar-refractivity contribution < 1.29 is 0 Å². The van der Waals surface area contributed by atoms with Crippen LogP contribution in [0.5, 0.6) is 0 Å². The Kier molecular flexibility index (Phi) is 14.2. The van der Waals surface area contributed by atoms with Gasteiger partial charge in [-0.25, -0.2) is 0 Å². The molecule has 0 bridgehead atoms. The Morgan fingerprint density at radius 2 is 1.00 bits per heavy atom. The van der Waals surface area contributed by atoms with E-state index in [1.165, 1.54) is 49.7 Å². The molecule has 2 aromatic rings. The standard InChI is InChI=1S/C28H44N2S2/c1-5-7-15-23(3)31-27(25-17-11-9-12-18-25)29-21-22-30-28(26-19-13-10-14-20-26)32-24(4)16-8-6-2/h9-14,17-20,23-24,27-30H,5-8,15-16,21-22H2,1-4H3. The Morgan fingerprint density at radius 1 is 0.625 bits per heavy atom. The fraction of sp³-hybridized carbons (Fsp3) is 0.571. The average Bonchev–Trinajstić information content (AvgIpc) is 2.83. The van der Waals surface area contributed by atoms with Crippen LogP contribution in [-0.4, -0.2) is 23.6 Å². The summed E-state index contributed by atoms with van der Waals surface area (Å²) in [6, 6.07) is 21.8. The largest absolute Gasteiger partial charge is 0.300 e. The number of hydrogen-bond donors (Lipinski definition) is 2. The number of rotatable bonds is 17. The predicted octanol–water partition coefficient (Wildman–Crippen LogP) is 8.19. The van der Waals surface area contributed by atoms with Crippen LogP contribution in [0.25, 0.3) is 0 Å². The molecule has 4 heteroatoms. The smallest absolute Gasteiger partial charge is 0.0792 e. The molecule has 0 aliphatic rings. The van der Waals surface area contributed by atoms with Crippen LogP contribution in [0, 0.1) is 0 Å². The molecule has 2 aromatic carbocycles. The van der Waals surface area contributed by atoms with Crippen LogP contribution in [0.15, 0.2) is 60.7 Å². The summed E-state index contributed by atoms with van der Waals surface area (Å²) < 4.78 is 0. The monoisotopic (exact) mass is 472 g/mol. The van der Waals surface area contributed by atoms with E-state index in [0.29, 0.717) is 21.2 Å². The van der Waals surface area contributed by atoms with Gasteiger partial charge in [0.15, 0.2) is 0 Å². The summed E-state index contributed by atoms with van der Waals surface area (Å²) in [5.74, 6) is 0. The molecule has 0 amide bonds. The van der Waals surface area contributed by atoms with Gasteiger partial charge in [0.2, 0.25) is 0 Å². The molecule has 0 radical (unpaired) electrons. The van der Waals surface area contributed by atoms with Gasteiger partial charge in [-0.3, -0.25) is 0 Å². The van der Waals surface area contributed by atoms with Crippen molar-refractivity contribution >= 4 is 23.5 Å². The van der Waals surface area contributed by atoms with Crippen LogP contribution < -0.4 is 10.6 Å². The zero-order valence-electron chi connectivity index (χ0n) is 20.6. The first-order valence-electron chi connectivity index (χ1n) is 12.5. The summed E-state index contributed by atoms with van der Waals surface area (Å²) >= 11 is 4.14. The average molecular weight is 473 g/mol. The van der Waals surface area contributed by atoms with Gasteiger partial charge in [0.25, 0.3) is 0 Å². The molecule has 0 aliphatic heterocycles. The zero-order valence-corrected chi connectivity index (χ0v) is 22.2.